The molecule has 3 N–H and O–H groups in total. The molecular formula is C38H35ClN6O5. The molecule has 1 fully saturated rings. The van der Waals surface area contributed by atoms with Crippen molar-refractivity contribution in [3.05, 3.63) is 105 Å². The van der Waals surface area contributed by atoms with E-state index in [1.54, 1.807) is 48.8 Å². The zero-order chi connectivity index (χ0) is 35.2. The molecule has 0 aliphatic carbocycles. The van der Waals surface area contributed by atoms with Crippen molar-refractivity contribution in [2.24, 2.45) is 5.92 Å². The van der Waals surface area contributed by atoms with Gasteiger partial charge in [-0.15, -0.1) is 0 Å². The Balaban J connectivity index is 1.20. The number of nitrogens with one attached hydrogen (secondary N) is 1. The van der Waals surface area contributed by atoms with Gasteiger partial charge in [-0.05, 0) is 97.8 Å². The van der Waals surface area contributed by atoms with Crippen molar-refractivity contribution in [3.8, 4) is 17.2 Å². The number of aliphatic hydroxyl groups excluding tert-OH is 1. The minimum absolute atomic E-state index is 0.151. The van der Waals surface area contributed by atoms with Gasteiger partial charge >= 0.3 is 5.97 Å². The summed E-state index contributed by atoms with van der Waals surface area (Å²) in [7, 11) is 0. The molecule has 1 aliphatic heterocycles. The topological polar surface area (TPSA) is 165 Å². The lowest BCUT2D eigenvalue weighted by atomic mass is 9.94. The number of aromatic nitrogens is 3. The Morgan fingerprint density at radius 3 is 2.74 bits per heavy atom. The third kappa shape index (κ3) is 7.74. The highest BCUT2D eigenvalue weighted by Gasteiger charge is 2.29. The van der Waals surface area contributed by atoms with Crippen LogP contribution in [-0.4, -0.2) is 61.6 Å². The Morgan fingerprint density at radius 1 is 1.14 bits per heavy atom. The predicted octanol–water partition coefficient (Wildman–Crippen LogP) is 6.76. The number of halogens is 1. The normalized spacial score (nSPS) is 14.7. The minimum atomic E-state index is -0.793. The zero-order valence-corrected chi connectivity index (χ0v) is 28.2. The van der Waals surface area contributed by atoms with Crippen molar-refractivity contribution in [2.45, 2.75) is 39.2 Å². The number of carboxylic acids is 1. The van der Waals surface area contributed by atoms with Gasteiger partial charge in [0, 0.05) is 36.8 Å². The Kier molecular flexibility index (Phi) is 10.6. The highest BCUT2D eigenvalue weighted by Crippen LogP contribution is 2.33. The molecule has 1 amide bonds. The summed E-state index contributed by atoms with van der Waals surface area (Å²) in [6.45, 7) is 3.53. The van der Waals surface area contributed by atoms with Crippen LogP contribution in [0.1, 0.15) is 63.6 Å². The van der Waals surface area contributed by atoms with Crippen molar-refractivity contribution >= 4 is 52.4 Å². The number of fused-ring (bicyclic) bond motifs is 1. The number of hydrogen-bond acceptors (Lipinski definition) is 9. The van der Waals surface area contributed by atoms with E-state index in [1.807, 2.05) is 36.1 Å². The molecule has 1 saturated heterocycles. The molecule has 3 aromatic heterocycles. The molecule has 12 heteroatoms. The second-order valence-electron chi connectivity index (χ2n) is 12.2. The number of benzene rings is 2. The lowest BCUT2D eigenvalue weighted by Gasteiger charge is -2.14. The van der Waals surface area contributed by atoms with Gasteiger partial charge in [0.2, 0.25) is 5.89 Å². The van der Waals surface area contributed by atoms with Crippen molar-refractivity contribution in [3.63, 3.8) is 0 Å². The number of nitriles is 1. The molecule has 0 radical (unpaired) electrons. The van der Waals surface area contributed by atoms with Crippen LogP contribution in [0.5, 0.6) is 0 Å². The molecule has 1 atom stereocenters. The highest BCUT2D eigenvalue weighted by atomic mass is 35.5. The first-order chi connectivity index (χ1) is 24.2. The van der Waals surface area contributed by atoms with Crippen LogP contribution in [0.25, 0.3) is 34.4 Å². The molecule has 5 aromatic rings. The number of carbonyl (C=O) groups is 2. The smallest absolute Gasteiger partial charge is 0.307 e. The SMILES string of the molecule is Cc1c(NC(=O)c2ccc(CCCCO)cn2)cccc1-c1ccnc(/C=C/c2cc(Cl)c3oc(CN4CCC(C(=O)O)C4)nc3c2)c1C#N. The average Bonchev–Trinajstić information content (AvgIpc) is 3.76. The van der Waals surface area contributed by atoms with Crippen LogP contribution in [0.4, 0.5) is 5.69 Å². The maximum absolute atomic E-state index is 13.1. The molecule has 0 bridgehead atoms. The van der Waals surface area contributed by atoms with E-state index in [0.29, 0.717) is 70.6 Å². The first kappa shape index (κ1) is 34.5. The van der Waals surface area contributed by atoms with E-state index in [9.17, 15) is 20.0 Å². The number of oxazole rings is 1. The summed E-state index contributed by atoms with van der Waals surface area (Å²) < 4.78 is 5.92. The fraction of sp³-hybridized carbons (Fsp3) is 0.263. The Bertz CT molecular complexity index is 2120. The number of pyridine rings is 2. The van der Waals surface area contributed by atoms with Gasteiger partial charge in [0.15, 0.2) is 5.58 Å². The van der Waals surface area contributed by atoms with E-state index in [4.69, 9.17) is 21.1 Å². The molecule has 0 saturated carbocycles. The second kappa shape index (κ2) is 15.4. The minimum Gasteiger partial charge on any atom is -0.481 e. The quantitative estimate of drug-likeness (QED) is 0.119. The Labute approximate surface area is 293 Å². The molecule has 6 rings (SSSR count). The molecular weight excluding hydrogens is 656 g/mol. The van der Waals surface area contributed by atoms with Crippen LogP contribution in [0, 0.1) is 24.2 Å². The molecule has 4 heterocycles. The Morgan fingerprint density at radius 2 is 2.00 bits per heavy atom. The van der Waals surface area contributed by atoms with Gasteiger partial charge in [0.05, 0.1) is 28.7 Å². The summed E-state index contributed by atoms with van der Waals surface area (Å²) in [5.41, 5.74) is 6.70. The fourth-order valence-electron chi connectivity index (χ4n) is 6.11. The number of likely N-dealkylation sites (tertiary alicyclic amines) is 1. The number of nitrogens with zero attached hydrogens (tertiary/aromatic N) is 5. The van der Waals surface area contributed by atoms with Crippen molar-refractivity contribution in [2.75, 3.05) is 25.0 Å². The van der Waals surface area contributed by atoms with Crippen LogP contribution >= 0.6 is 11.6 Å². The number of carboxylic acid groups (broad SMARTS) is 1. The van der Waals surface area contributed by atoms with Crippen LogP contribution < -0.4 is 5.32 Å². The summed E-state index contributed by atoms with van der Waals surface area (Å²) in [6.07, 6.45) is 9.81. The monoisotopic (exact) mass is 690 g/mol. The maximum atomic E-state index is 13.1. The number of aryl methyl sites for hydroxylation is 1. The van der Waals surface area contributed by atoms with Gasteiger partial charge in [0.25, 0.3) is 5.91 Å². The van der Waals surface area contributed by atoms with E-state index in [-0.39, 0.29) is 24.1 Å². The molecule has 254 valence electrons. The van der Waals surface area contributed by atoms with Crippen molar-refractivity contribution in [1.82, 2.24) is 19.9 Å². The van der Waals surface area contributed by atoms with Gasteiger partial charge in [-0.3, -0.25) is 24.5 Å². The number of aliphatic hydroxyl groups is 1. The molecule has 50 heavy (non-hydrogen) atoms. The van der Waals surface area contributed by atoms with E-state index >= 15 is 0 Å². The summed E-state index contributed by atoms with van der Waals surface area (Å²) in [5, 5.41) is 31.9. The number of hydrogen-bond donors (Lipinski definition) is 3. The summed E-state index contributed by atoms with van der Waals surface area (Å²) >= 11 is 6.57. The number of aliphatic carboxylic acids is 1. The lowest BCUT2D eigenvalue weighted by Crippen LogP contribution is -2.22. The standard InChI is InChI=1S/C38H35ClN6O5/c1-23-27(6-4-7-31(23)44-37(47)33-11-8-24(20-42-33)5-2-3-16-46)28-12-14-41-32(29(28)19-40)10-9-25-17-30(39)36-34(18-25)43-35(50-36)22-45-15-13-26(21-45)38(48)49/h4,6-12,14,17-18,20,26,46H,2-3,5,13,15-16,21-22H2,1H3,(H,44,47)(H,48,49)/b10-9+. The lowest BCUT2D eigenvalue weighted by molar-refractivity contribution is -0.141. The summed E-state index contributed by atoms with van der Waals surface area (Å²) in [4.78, 5) is 39.8. The van der Waals surface area contributed by atoms with Crippen molar-refractivity contribution in [1.29, 1.82) is 5.26 Å². The molecule has 2 aromatic carbocycles. The zero-order valence-electron chi connectivity index (χ0n) is 27.4. The third-order valence-electron chi connectivity index (χ3n) is 8.82. The fourth-order valence-corrected chi connectivity index (χ4v) is 6.37. The van der Waals surface area contributed by atoms with Gasteiger partial charge in [-0.2, -0.15) is 5.26 Å². The van der Waals surface area contributed by atoms with Crippen LogP contribution in [0.3, 0.4) is 0 Å². The first-order valence-electron chi connectivity index (χ1n) is 16.3. The molecule has 11 nitrogen and oxygen atoms in total. The van der Waals surface area contributed by atoms with Crippen molar-refractivity contribution < 1.29 is 24.2 Å². The van der Waals surface area contributed by atoms with Crippen LogP contribution in [-0.2, 0) is 17.8 Å². The van der Waals surface area contributed by atoms with Gasteiger partial charge in [-0.1, -0.05) is 35.9 Å². The predicted molar refractivity (Wildman–Crippen MR) is 190 cm³/mol. The molecule has 0 spiro atoms. The van der Waals surface area contributed by atoms with E-state index in [0.717, 1.165) is 41.5 Å². The highest BCUT2D eigenvalue weighted by molar-refractivity contribution is 6.34. The largest absolute Gasteiger partial charge is 0.481 e. The number of unbranched alkanes of at least 4 members (excludes halogenated alkanes) is 1. The van der Waals surface area contributed by atoms with E-state index in [2.05, 4.69) is 26.3 Å². The number of anilines is 1. The second-order valence-corrected chi connectivity index (χ2v) is 12.7. The van der Waals surface area contributed by atoms with Gasteiger partial charge in [-0.25, -0.2) is 4.98 Å². The molecule has 1 aliphatic rings. The molecule has 1 unspecified atom stereocenters. The number of rotatable bonds is 12. The van der Waals surface area contributed by atoms with Crippen LogP contribution in [0.15, 0.2) is 65.3 Å². The van der Waals surface area contributed by atoms with E-state index in [1.165, 1.54) is 0 Å². The first-order valence-corrected chi connectivity index (χ1v) is 16.7. The average molecular weight is 691 g/mol. The van der Waals surface area contributed by atoms with E-state index < -0.39 is 5.97 Å². The van der Waals surface area contributed by atoms with Gasteiger partial charge in [0.1, 0.15) is 17.3 Å². The summed E-state index contributed by atoms with van der Waals surface area (Å²) in [5.74, 6) is -1.06. The number of carbonyl (C=O) groups excluding carboxylic acids is 1. The number of amides is 1. The Hall–Kier alpha value is -5.41. The maximum Gasteiger partial charge on any atom is 0.307 e. The third-order valence-corrected chi connectivity index (χ3v) is 9.10. The van der Waals surface area contributed by atoms with Crippen LogP contribution in [0.2, 0.25) is 5.02 Å². The summed E-state index contributed by atoms with van der Waals surface area (Å²) in [6, 6.07) is 16.8. The van der Waals surface area contributed by atoms with Gasteiger partial charge < -0.3 is 19.9 Å².